The van der Waals surface area contributed by atoms with Gasteiger partial charge in [0.1, 0.15) is 0 Å². The monoisotopic (exact) mass is 291 g/mol. The second kappa shape index (κ2) is 6.25. The molecular weight excluding hydrogens is 278 g/mol. The first-order valence-electron chi connectivity index (χ1n) is 4.77. The summed E-state index contributed by atoms with van der Waals surface area (Å²) in [6, 6.07) is 4.32. The number of nitrogens with one attached hydrogen (secondary N) is 1. The molecule has 0 saturated carbocycles. The lowest BCUT2D eigenvalue weighted by Gasteiger charge is -2.11. The first-order valence-corrected chi connectivity index (χ1v) is 6.38. The summed E-state index contributed by atoms with van der Waals surface area (Å²) in [6.07, 6.45) is 0.893. The molecule has 1 rings (SSSR count). The molecule has 0 aliphatic heterocycles. The van der Waals surface area contributed by atoms with Crippen LogP contribution in [0.3, 0.4) is 0 Å². The zero-order valence-corrected chi connectivity index (χ0v) is 10.9. The SMILES string of the molecule is CC(CCC(=O)O)NCc1ccc(Br)s1. The van der Waals surface area contributed by atoms with Gasteiger partial charge in [-0.15, -0.1) is 11.3 Å². The molecule has 0 amide bonds. The van der Waals surface area contributed by atoms with Crippen LogP contribution in [0.15, 0.2) is 15.9 Å². The van der Waals surface area contributed by atoms with Crippen molar-refractivity contribution in [2.75, 3.05) is 0 Å². The zero-order chi connectivity index (χ0) is 11.3. The summed E-state index contributed by atoms with van der Waals surface area (Å²) in [7, 11) is 0. The normalized spacial score (nSPS) is 12.7. The number of hydrogen-bond acceptors (Lipinski definition) is 3. The van der Waals surface area contributed by atoms with Gasteiger partial charge in [0.2, 0.25) is 0 Å². The molecule has 0 spiro atoms. The number of hydrogen-bond donors (Lipinski definition) is 2. The quantitative estimate of drug-likeness (QED) is 0.847. The summed E-state index contributed by atoms with van der Waals surface area (Å²) in [5.74, 6) is -0.734. The Bertz CT molecular complexity index is 327. The summed E-state index contributed by atoms with van der Waals surface area (Å²) in [6.45, 7) is 2.81. The van der Waals surface area contributed by atoms with E-state index < -0.39 is 5.97 Å². The Labute approximate surface area is 102 Å². The number of rotatable bonds is 6. The second-order valence-corrected chi connectivity index (χ2v) is 5.97. The molecule has 1 atom stereocenters. The Morgan fingerprint density at radius 2 is 2.40 bits per heavy atom. The van der Waals surface area contributed by atoms with E-state index in [1.165, 1.54) is 4.88 Å². The van der Waals surface area contributed by atoms with E-state index >= 15 is 0 Å². The molecule has 0 aromatic carbocycles. The third-order valence-corrected chi connectivity index (χ3v) is 3.67. The summed E-state index contributed by atoms with van der Waals surface area (Å²) < 4.78 is 1.12. The molecule has 1 aromatic heterocycles. The van der Waals surface area contributed by atoms with Crippen LogP contribution in [0.4, 0.5) is 0 Å². The number of aliphatic carboxylic acids is 1. The van der Waals surface area contributed by atoms with Crippen LogP contribution in [-0.2, 0) is 11.3 Å². The molecule has 1 aromatic rings. The highest BCUT2D eigenvalue weighted by atomic mass is 79.9. The first kappa shape index (κ1) is 12.7. The van der Waals surface area contributed by atoms with Crippen molar-refractivity contribution >= 4 is 33.2 Å². The van der Waals surface area contributed by atoms with Crippen LogP contribution < -0.4 is 5.32 Å². The molecule has 0 fully saturated rings. The molecule has 3 nitrogen and oxygen atoms in total. The minimum atomic E-state index is -0.734. The average molecular weight is 292 g/mol. The first-order chi connectivity index (χ1) is 7.08. The summed E-state index contributed by atoms with van der Waals surface area (Å²) in [4.78, 5) is 11.6. The van der Waals surface area contributed by atoms with Crippen molar-refractivity contribution in [3.63, 3.8) is 0 Å². The fourth-order valence-electron chi connectivity index (χ4n) is 1.16. The highest BCUT2D eigenvalue weighted by Gasteiger charge is 2.05. The fourth-order valence-corrected chi connectivity index (χ4v) is 2.60. The van der Waals surface area contributed by atoms with E-state index in [-0.39, 0.29) is 12.5 Å². The summed E-state index contributed by atoms with van der Waals surface area (Å²) in [5.41, 5.74) is 0. The molecule has 0 bridgehead atoms. The Kier molecular flexibility index (Phi) is 5.28. The maximum absolute atomic E-state index is 10.3. The van der Waals surface area contributed by atoms with Crippen molar-refractivity contribution in [2.45, 2.75) is 32.4 Å². The molecule has 84 valence electrons. The van der Waals surface area contributed by atoms with Crippen molar-refractivity contribution in [1.29, 1.82) is 0 Å². The van der Waals surface area contributed by atoms with E-state index in [2.05, 4.69) is 27.3 Å². The maximum atomic E-state index is 10.3. The summed E-state index contributed by atoms with van der Waals surface area (Å²) in [5, 5.41) is 11.8. The van der Waals surface area contributed by atoms with Gasteiger partial charge in [0.05, 0.1) is 3.79 Å². The molecule has 0 aliphatic rings. The Balaban J connectivity index is 2.22. The van der Waals surface area contributed by atoms with Crippen LogP contribution >= 0.6 is 27.3 Å². The van der Waals surface area contributed by atoms with Crippen molar-refractivity contribution < 1.29 is 9.90 Å². The highest BCUT2D eigenvalue weighted by molar-refractivity contribution is 9.11. The van der Waals surface area contributed by atoms with Crippen molar-refractivity contribution in [1.82, 2.24) is 5.32 Å². The third-order valence-electron chi connectivity index (χ3n) is 2.04. The molecular formula is C10H14BrNO2S. The Hall–Kier alpha value is -0.390. The van der Waals surface area contributed by atoms with E-state index in [1.54, 1.807) is 11.3 Å². The molecule has 0 radical (unpaired) electrons. The van der Waals surface area contributed by atoms with Gasteiger partial charge in [0.15, 0.2) is 0 Å². The maximum Gasteiger partial charge on any atom is 0.303 e. The molecule has 0 aliphatic carbocycles. The minimum Gasteiger partial charge on any atom is -0.481 e. The van der Waals surface area contributed by atoms with E-state index in [4.69, 9.17) is 5.11 Å². The standard InChI is InChI=1S/C10H14BrNO2S/c1-7(2-5-10(13)14)12-6-8-3-4-9(11)15-8/h3-4,7,12H,2,5-6H2,1H3,(H,13,14). The Morgan fingerprint density at radius 1 is 1.67 bits per heavy atom. The molecule has 0 saturated heterocycles. The predicted molar refractivity (Wildman–Crippen MR) is 65.2 cm³/mol. The predicted octanol–water partition coefficient (Wildman–Crippen LogP) is 2.85. The minimum absolute atomic E-state index is 0.225. The lowest BCUT2D eigenvalue weighted by atomic mass is 10.2. The van der Waals surface area contributed by atoms with Gasteiger partial charge in [-0.25, -0.2) is 0 Å². The van der Waals surface area contributed by atoms with Crippen molar-refractivity contribution in [3.05, 3.63) is 20.8 Å². The summed E-state index contributed by atoms with van der Waals surface area (Å²) >= 11 is 5.09. The van der Waals surface area contributed by atoms with Crippen LogP contribution in [0.25, 0.3) is 0 Å². The van der Waals surface area contributed by atoms with Crippen LogP contribution in [0.1, 0.15) is 24.6 Å². The van der Waals surface area contributed by atoms with E-state index in [0.29, 0.717) is 6.42 Å². The van der Waals surface area contributed by atoms with Gasteiger partial charge in [0.25, 0.3) is 0 Å². The third kappa shape index (κ3) is 5.30. The molecule has 5 heteroatoms. The van der Waals surface area contributed by atoms with Gasteiger partial charge in [-0.2, -0.15) is 0 Å². The van der Waals surface area contributed by atoms with E-state index in [0.717, 1.165) is 10.3 Å². The second-order valence-electron chi connectivity index (χ2n) is 3.42. The topological polar surface area (TPSA) is 49.3 Å². The largest absolute Gasteiger partial charge is 0.481 e. The van der Waals surface area contributed by atoms with Crippen molar-refractivity contribution in [2.24, 2.45) is 0 Å². The van der Waals surface area contributed by atoms with Gasteiger partial charge < -0.3 is 10.4 Å². The van der Waals surface area contributed by atoms with Gasteiger partial charge in [0, 0.05) is 23.9 Å². The number of carboxylic acid groups (broad SMARTS) is 1. The van der Waals surface area contributed by atoms with Gasteiger partial charge in [-0.1, -0.05) is 0 Å². The molecule has 2 N–H and O–H groups in total. The van der Waals surface area contributed by atoms with Crippen LogP contribution in [0.2, 0.25) is 0 Å². The zero-order valence-electron chi connectivity index (χ0n) is 8.50. The van der Waals surface area contributed by atoms with E-state index in [9.17, 15) is 4.79 Å². The number of halogens is 1. The number of carbonyl (C=O) groups is 1. The van der Waals surface area contributed by atoms with Crippen LogP contribution in [-0.4, -0.2) is 17.1 Å². The average Bonchev–Trinajstić information content (AvgIpc) is 2.58. The van der Waals surface area contributed by atoms with Crippen LogP contribution in [0.5, 0.6) is 0 Å². The lowest BCUT2D eigenvalue weighted by molar-refractivity contribution is -0.137. The van der Waals surface area contributed by atoms with Crippen molar-refractivity contribution in [3.8, 4) is 0 Å². The number of carboxylic acids is 1. The molecule has 1 heterocycles. The molecule has 1 unspecified atom stereocenters. The number of thiophene rings is 1. The van der Waals surface area contributed by atoms with Gasteiger partial charge >= 0.3 is 5.97 Å². The molecule has 15 heavy (non-hydrogen) atoms. The van der Waals surface area contributed by atoms with Gasteiger partial charge in [-0.3, -0.25) is 4.79 Å². The van der Waals surface area contributed by atoms with Gasteiger partial charge in [-0.05, 0) is 41.4 Å². The smallest absolute Gasteiger partial charge is 0.303 e. The highest BCUT2D eigenvalue weighted by Crippen LogP contribution is 2.21. The van der Waals surface area contributed by atoms with Crippen LogP contribution in [0, 0.1) is 0 Å². The lowest BCUT2D eigenvalue weighted by Crippen LogP contribution is -2.25. The van der Waals surface area contributed by atoms with E-state index in [1.807, 2.05) is 13.0 Å². The Morgan fingerprint density at radius 3 is 2.93 bits per heavy atom. The fraction of sp³-hybridized carbons (Fsp3) is 0.500.